The second-order valence-corrected chi connectivity index (χ2v) is 6.07. The fourth-order valence-corrected chi connectivity index (χ4v) is 2.86. The van der Waals surface area contributed by atoms with Crippen molar-refractivity contribution in [3.8, 4) is 0 Å². The molecule has 2 aromatic rings. The number of nitrogens with one attached hydrogen (secondary N) is 1. The summed E-state index contributed by atoms with van der Waals surface area (Å²) in [5.74, 6) is 0.226. The summed E-state index contributed by atoms with van der Waals surface area (Å²) in [6, 6.07) is 9.72. The summed E-state index contributed by atoms with van der Waals surface area (Å²) in [6.07, 6.45) is 3.82. The molecule has 1 unspecified atom stereocenters. The number of hydrogen-bond acceptors (Lipinski definition) is 3. The van der Waals surface area contributed by atoms with Crippen LogP contribution >= 0.6 is 0 Å². The van der Waals surface area contributed by atoms with Crippen molar-refractivity contribution in [1.29, 1.82) is 0 Å². The lowest BCUT2D eigenvalue weighted by Gasteiger charge is -2.30. The van der Waals surface area contributed by atoms with Crippen molar-refractivity contribution in [2.24, 2.45) is 5.92 Å². The molecule has 4 nitrogen and oxygen atoms in total. The van der Waals surface area contributed by atoms with Gasteiger partial charge in [0.05, 0.1) is 11.9 Å². The van der Waals surface area contributed by atoms with Crippen LogP contribution in [-0.2, 0) is 0 Å². The van der Waals surface area contributed by atoms with Crippen LogP contribution in [0.4, 0.5) is 15.8 Å². The molecule has 1 N–H and O–H groups in total. The molecule has 1 aromatic heterocycles. The second-order valence-electron chi connectivity index (χ2n) is 6.07. The zero-order chi connectivity index (χ0) is 16.2. The molecule has 0 spiro atoms. The van der Waals surface area contributed by atoms with Crippen LogP contribution in [0.5, 0.6) is 0 Å². The topological polar surface area (TPSA) is 45.2 Å². The summed E-state index contributed by atoms with van der Waals surface area (Å²) in [5.41, 5.74) is 1.82. The van der Waals surface area contributed by atoms with Crippen molar-refractivity contribution < 1.29 is 9.18 Å². The van der Waals surface area contributed by atoms with Gasteiger partial charge in [-0.3, -0.25) is 4.79 Å². The van der Waals surface area contributed by atoms with E-state index in [1.165, 1.54) is 18.6 Å². The first-order valence-corrected chi connectivity index (χ1v) is 7.90. The van der Waals surface area contributed by atoms with Crippen LogP contribution in [0.2, 0.25) is 0 Å². The molecule has 0 radical (unpaired) electrons. The van der Waals surface area contributed by atoms with E-state index in [2.05, 4.69) is 17.2 Å². The summed E-state index contributed by atoms with van der Waals surface area (Å²) in [6.45, 7) is 3.76. The van der Waals surface area contributed by atoms with Crippen molar-refractivity contribution in [3.05, 3.63) is 54.1 Å². The number of piperidine rings is 1. The van der Waals surface area contributed by atoms with Crippen LogP contribution in [-0.4, -0.2) is 28.9 Å². The molecule has 1 amide bonds. The summed E-state index contributed by atoms with van der Waals surface area (Å²) < 4.78 is 13.2. The Labute approximate surface area is 135 Å². The third-order valence-corrected chi connectivity index (χ3v) is 4.04. The monoisotopic (exact) mass is 313 g/mol. The molecular weight excluding hydrogens is 293 g/mol. The normalized spacial score (nSPS) is 17.8. The number of rotatable bonds is 3. The summed E-state index contributed by atoms with van der Waals surface area (Å²) in [7, 11) is 0. The number of anilines is 2. The molecule has 23 heavy (non-hydrogen) atoms. The lowest BCUT2D eigenvalue weighted by Crippen LogP contribution is -2.39. The number of amides is 1. The van der Waals surface area contributed by atoms with E-state index in [-0.39, 0.29) is 11.7 Å². The summed E-state index contributed by atoms with van der Waals surface area (Å²) >= 11 is 0. The van der Waals surface area contributed by atoms with E-state index in [0.717, 1.165) is 25.2 Å². The number of hydrogen-bond donors (Lipinski definition) is 1. The highest BCUT2D eigenvalue weighted by Gasteiger charge is 2.22. The SMILES string of the molecule is CC1CCCN(C(=O)c2ccc(Nc3cccc(F)c3)cn2)C1. The first-order valence-electron chi connectivity index (χ1n) is 7.90. The summed E-state index contributed by atoms with van der Waals surface area (Å²) in [5, 5.41) is 3.07. The number of halogens is 1. The number of likely N-dealkylation sites (tertiary alicyclic amines) is 1. The van der Waals surface area contributed by atoms with E-state index in [1.807, 2.05) is 4.90 Å². The van der Waals surface area contributed by atoms with Crippen molar-refractivity contribution in [2.75, 3.05) is 18.4 Å². The average molecular weight is 313 g/mol. The fraction of sp³-hybridized carbons (Fsp3) is 0.333. The van der Waals surface area contributed by atoms with Crippen molar-refractivity contribution in [2.45, 2.75) is 19.8 Å². The van der Waals surface area contributed by atoms with Crippen LogP contribution < -0.4 is 5.32 Å². The zero-order valence-electron chi connectivity index (χ0n) is 13.1. The fourth-order valence-electron chi connectivity index (χ4n) is 2.86. The van der Waals surface area contributed by atoms with Gasteiger partial charge >= 0.3 is 0 Å². The molecule has 0 aliphatic carbocycles. The first-order chi connectivity index (χ1) is 11.1. The van der Waals surface area contributed by atoms with Gasteiger partial charge in [-0.15, -0.1) is 0 Å². The highest BCUT2D eigenvalue weighted by atomic mass is 19.1. The van der Waals surface area contributed by atoms with Crippen LogP contribution in [0.1, 0.15) is 30.3 Å². The molecule has 1 saturated heterocycles. The third kappa shape index (κ3) is 3.86. The maximum atomic E-state index is 13.2. The minimum Gasteiger partial charge on any atom is -0.354 e. The van der Waals surface area contributed by atoms with Gasteiger partial charge in [-0.2, -0.15) is 0 Å². The van der Waals surface area contributed by atoms with Gasteiger partial charge < -0.3 is 10.2 Å². The minimum atomic E-state index is -0.297. The smallest absolute Gasteiger partial charge is 0.272 e. The molecule has 120 valence electrons. The van der Waals surface area contributed by atoms with Crippen molar-refractivity contribution in [3.63, 3.8) is 0 Å². The lowest BCUT2D eigenvalue weighted by atomic mass is 10.00. The Morgan fingerprint density at radius 3 is 2.87 bits per heavy atom. The lowest BCUT2D eigenvalue weighted by molar-refractivity contribution is 0.0677. The van der Waals surface area contributed by atoms with Gasteiger partial charge in [0, 0.05) is 18.8 Å². The Balaban J connectivity index is 1.68. The van der Waals surface area contributed by atoms with Gasteiger partial charge in [-0.25, -0.2) is 9.37 Å². The van der Waals surface area contributed by atoms with E-state index in [1.54, 1.807) is 30.5 Å². The maximum Gasteiger partial charge on any atom is 0.272 e. The molecular formula is C18H20FN3O. The Hall–Kier alpha value is -2.43. The Morgan fingerprint density at radius 2 is 2.17 bits per heavy atom. The van der Waals surface area contributed by atoms with E-state index in [4.69, 9.17) is 0 Å². The maximum absolute atomic E-state index is 13.2. The molecule has 1 atom stereocenters. The number of nitrogens with zero attached hydrogens (tertiary/aromatic N) is 2. The van der Waals surface area contributed by atoms with Gasteiger partial charge in [0.2, 0.25) is 0 Å². The van der Waals surface area contributed by atoms with Crippen LogP contribution in [0.15, 0.2) is 42.6 Å². The van der Waals surface area contributed by atoms with Gasteiger partial charge in [-0.05, 0) is 49.1 Å². The minimum absolute atomic E-state index is 0.0196. The average Bonchev–Trinajstić information content (AvgIpc) is 2.55. The van der Waals surface area contributed by atoms with Gasteiger partial charge in [-0.1, -0.05) is 13.0 Å². The molecule has 1 aromatic carbocycles. The van der Waals surface area contributed by atoms with Gasteiger partial charge in [0.1, 0.15) is 11.5 Å². The number of carbonyl (C=O) groups is 1. The number of carbonyl (C=O) groups excluding carboxylic acids is 1. The Morgan fingerprint density at radius 1 is 1.30 bits per heavy atom. The number of aromatic nitrogens is 1. The highest BCUT2D eigenvalue weighted by Crippen LogP contribution is 2.19. The largest absolute Gasteiger partial charge is 0.354 e. The third-order valence-electron chi connectivity index (χ3n) is 4.04. The molecule has 1 fully saturated rings. The number of benzene rings is 1. The van der Waals surface area contributed by atoms with Gasteiger partial charge in [0.25, 0.3) is 5.91 Å². The standard InChI is InChI=1S/C18H20FN3O/c1-13-4-3-9-22(12-13)18(23)17-8-7-16(11-20-17)21-15-6-2-5-14(19)10-15/h2,5-8,10-11,13,21H,3-4,9,12H2,1H3. The Kier molecular flexibility index (Phi) is 4.55. The van der Waals surface area contributed by atoms with Crippen molar-refractivity contribution >= 4 is 17.3 Å². The number of pyridine rings is 1. The molecule has 1 aliphatic rings. The van der Waals surface area contributed by atoms with Crippen LogP contribution in [0.3, 0.4) is 0 Å². The Bertz CT molecular complexity index is 687. The van der Waals surface area contributed by atoms with Crippen LogP contribution in [0, 0.1) is 11.7 Å². The van der Waals surface area contributed by atoms with E-state index < -0.39 is 0 Å². The molecule has 1 aliphatic heterocycles. The summed E-state index contributed by atoms with van der Waals surface area (Å²) in [4.78, 5) is 18.6. The second kappa shape index (κ2) is 6.77. The first kappa shape index (κ1) is 15.5. The molecule has 5 heteroatoms. The predicted octanol–water partition coefficient (Wildman–Crippen LogP) is 3.84. The quantitative estimate of drug-likeness (QED) is 0.936. The molecule has 3 rings (SSSR count). The van der Waals surface area contributed by atoms with E-state index >= 15 is 0 Å². The van der Waals surface area contributed by atoms with Gasteiger partial charge in [0.15, 0.2) is 0 Å². The molecule has 0 saturated carbocycles. The van der Waals surface area contributed by atoms with E-state index in [9.17, 15) is 9.18 Å². The predicted molar refractivity (Wildman–Crippen MR) is 88.2 cm³/mol. The van der Waals surface area contributed by atoms with E-state index in [0.29, 0.717) is 17.3 Å². The zero-order valence-corrected chi connectivity index (χ0v) is 13.1. The highest BCUT2D eigenvalue weighted by molar-refractivity contribution is 5.92. The van der Waals surface area contributed by atoms with Crippen LogP contribution in [0.25, 0.3) is 0 Å². The molecule has 0 bridgehead atoms. The van der Waals surface area contributed by atoms with Crippen molar-refractivity contribution in [1.82, 2.24) is 9.88 Å². The molecule has 2 heterocycles.